The van der Waals surface area contributed by atoms with E-state index in [1.165, 1.54) is 42.9 Å². The van der Waals surface area contributed by atoms with Gasteiger partial charge in [0.1, 0.15) is 5.01 Å². The van der Waals surface area contributed by atoms with Crippen molar-refractivity contribution in [1.29, 1.82) is 0 Å². The van der Waals surface area contributed by atoms with Gasteiger partial charge in [-0.1, -0.05) is 36.8 Å². The molecule has 1 aromatic heterocycles. The van der Waals surface area contributed by atoms with Crippen molar-refractivity contribution in [3.05, 3.63) is 40.7 Å². The first kappa shape index (κ1) is 15.7. The number of hydrogen-bond donors (Lipinski definition) is 1. The van der Waals surface area contributed by atoms with Crippen molar-refractivity contribution < 1.29 is 0 Å². The number of rotatable bonds is 6. The molecular weight excluding hydrogens is 290 g/mol. The molecule has 0 bridgehead atoms. The van der Waals surface area contributed by atoms with Crippen molar-refractivity contribution in [2.24, 2.45) is 0 Å². The van der Waals surface area contributed by atoms with Crippen LogP contribution in [0.4, 0.5) is 0 Å². The van der Waals surface area contributed by atoms with Crippen LogP contribution >= 0.6 is 11.3 Å². The highest BCUT2D eigenvalue weighted by atomic mass is 32.1. The fourth-order valence-corrected chi connectivity index (χ4v) is 3.74. The van der Waals surface area contributed by atoms with Crippen LogP contribution in [0.15, 0.2) is 35.7 Å². The zero-order valence-corrected chi connectivity index (χ0v) is 14.1. The third-order valence-corrected chi connectivity index (χ3v) is 5.05. The molecule has 1 N–H and O–H groups in total. The first-order valence-electron chi connectivity index (χ1n) is 8.27. The average Bonchev–Trinajstić information content (AvgIpc) is 3.04. The zero-order chi connectivity index (χ0) is 15.2. The van der Waals surface area contributed by atoms with Gasteiger partial charge in [-0.05, 0) is 32.9 Å². The van der Waals surface area contributed by atoms with Crippen LogP contribution in [-0.2, 0) is 6.54 Å². The summed E-state index contributed by atoms with van der Waals surface area (Å²) in [6, 6.07) is 10.9. The maximum atomic E-state index is 4.74. The Morgan fingerprint density at radius 2 is 1.95 bits per heavy atom. The van der Waals surface area contributed by atoms with Gasteiger partial charge in [-0.3, -0.25) is 0 Å². The van der Waals surface area contributed by atoms with Crippen LogP contribution < -0.4 is 5.32 Å². The summed E-state index contributed by atoms with van der Waals surface area (Å²) >= 11 is 1.75. The predicted molar refractivity (Wildman–Crippen MR) is 94.1 cm³/mol. The van der Waals surface area contributed by atoms with E-state index in [0.29, 0.717) is 6.04 Å². The Bertz CT molecular complexity index is 561. The largest absolute Gasteiger partial charge is 0.307 e. The molecule has 1 fully saturated rings. The lowest BCUT2D eigenvalue weighted by molar-refractivity contribution is 0.209. The monoisotopic (exact) mass is 315 g/mol. The second-order valence-corrected chi connectivity index (χ2v) is 7.08. The van der Waals surface area contributed by atoms with Crippen molar-refractivity contribution in [3.63, 3.8) is 0 Å². The van der Waals surface area contributed by atoms with Crippen LogP contribution in [0.3, 0.4) is 0 Å². The SMILES string of the molecule is CC(CN1CCCCC1)NCc1nc(-c2ccccc2)cs1. The van der Waals surface area contributed by atoms with Crippen LogP contribution in [0.5, 0.6) is 0 Å². The lowest BCUT2D eigenvalue weighted by Gasteiger charge is -2.29. The van der Waals surface area contributed by atoms with Crippen molar-refractivity contribution in [3.8, 4) is 11.3 Å². The Balaban J connectivity index is 1.48. The summed E-state index contributed by atoms with van der Waals surface area (Å²) in [5.41, 5.74) is 2.29. The van der Waals surface area contributed by atoms with E-state index >= 15 is 0 Å². The molecular formula is C18H25N3S. The molecule has 3 rings (SSSR count). The van der Waals surface area contributed by atoms with E-state index in [1.807, 2.05) is 6.07 Å². The fourth-order valence-electron chi connectivity index (χ4n) is 2.99. The Morgan fingerprint density at radius 1 is 1.18 bits per heavy atom. The van der Waals surface area contributed by atoms with Crippen molar-refractivity contribution >= 4 is 11.3 Å². The van der Waals surface area contributed by atoms with Crippen LogP contribution in [0.1, 0.15) is 31.2 Å². The maximum absolute atomic E-state index is 4.74. The molecule has 2 heterocycles. The summed E-state index contributed by atoms with van der Waals surface area (Å²) < 4.78 is 0. The number of aromatic nitrogens is 1. The molecule has 1 aliphatic heterocycles. The van der Waals surface area contributed by atoms with E-state index in [-0.39, 0.29) is 0 Å². The number of piperidine rings is 1. The highest BCUT2D eigenvalue weighted by Gasteiger charge is 2.13. The highest BCUT2D eigenvalue weighted by molar-refractivity contribution is 7.09. The van der Waals surface area contributed by atoms with Crippen molar-refractivity contribution in [1.82, 2.24) is 15.2 Å². The van der Waals surface area contributed by atoms with Crippen LogP contribution in [0, 0.1) is 0 Å². The fraction of sp³-hybridized carbons (Fsp3) is 0.500. The van der Waals surface area contributed by atoms with Crippen LogP contribution in [0.25, 0.3) is 11.3 Å². The normalized spacial score (nSPS) is 17.5. The van der Waals surface area contributed by atoms with Gasteiger partial charge in [0.05, 0.1) is 5.69 Å². The molecule has 1 aromatic carbocycles. The zero-order valence-electron chi connectivity index (χ0n) is 13.3. The highest BCUT2D eigenvalue weighted by Crippen LogP contribution is 2.21. The first-order chi connectivity index (χ1) is 10.8. The molecule has 0 saturated carbocycles. The third kappa shape index (κ3) is 4.38. The molecule has 4 heteroatoms. The predicted octanol–water partition coefficient (Wildman–Crippen LogP) is 3.77. The molecule has 3 nitrogen and oxygen atoms in total. The van der Waals surface area contributed by atoms with E-state index in [1.54, 1.807) is 11.3 Å². The molecule has 0 spiro atoms. The van der Waals surface area contributed by atoms with Gasteiger partial charge in [-0.2, -0.15) is 0 Å². The summed E-state index contributed by atoms with van der Waals surface area (Å²) in [6.07, 6.45) is 4.12. The van der Waals surface area contributed by atoms with E-state index in [0.717, 1.165) is 18.8 Å². The number of benzene rings is 1. The third-order valence-electron chi connectivity index (χ3n) is 4.20. The molecule has 1 saturated heterocycles. The molecule has 1 unspecified atom stereocenters. The second kappa shape index (κ2) is 7.86. The summed E-state index contributed by atoms with van der Waals surface area (Å²) in [7, 11) is 0. The summed E-state index contributed by atoms with van der Waals surface area (Å²) in [5.74, 6) is 0. The van der Waals surface area contributed by atoms with Gasteiger partial charge >= 0.3 is 0 Å². The standard InChI is InChI=1S/C18H25N3S/c1-15(13-21-10-6-3-7-11-21)19-12-18-20-17(14-22-18)16-8-4-2-5-9-16/h2,4-5,8-9,14-15,19H,3,6-7,10-13H2,1H3. The van der Waals surface area contributed by atoms with Gasteiger partial charge in [0.2, 0.25) is 0 Å². The molecule has 1 atom stereocenters. The summed E-state index contributed by atoms with van der Waals surface area (Å²) in [5, 5.41) is 6.94. The van der Waals surface area contributed by atoms with Gasteiger partial charge in [0.15, 0.2) is 0 Å². The quantitative estimate of drug-likeness (QED) is 0.879. The second-order valence-electron chi connectivity index (χ2n) is 6.14. The number of thiazole rings is 1. The van der Waals surface area contributed by atoms with Crippen molar-refractivity contribution in [2.75, 3.05) is 19.6 Å². The minimum absolute atomic E-state index is 0.516. The summed E-state index contributed by atoms with van der Waals surface area (Å²) in [4.78, 5) is 7.32. The number of likely N-dealkylation sites (tertiary alicyclic amines) is 1. The lowest BCUT2D eigenvalue weighted by atomic mass is 10.1. The Hall–Kier alpha value is -1.23. The number of nitrogens with one attached hydrogen (secondary N) is 1. The van der Waals surface area contributed by atoms with Gasteiger partial charge < -0.3 is 10.2 Å². The van der Waals surface area contributed by atoms with E-state index in [4.69, 9.17) is 4.98 Å². The van der Waals surface area contributed by atoms with Crippen molar-refractivity contribution in [2.45, 2.75) is 38.8 Å². The molecule has 22 heavy (non-hydrogen) atoms. The molecule has 0 radical (unpaired) electrons. The van der Waals surface area contributed by atoms with Gasteiger partial charge in [-0.25, -0.2) is 4.98 Å². The molecule has 0 aliphatic carbocycles. The molecule has 1 aliphatic rings. The van der Waals surface area contributed by atoms with E-state index in [9.17, 15) is 0 Å². The molecule has 2 aromatic rings. The van der Waals surface area contributed by atoms with Crippen LogP contribution in [0.2, 0.25) is 0 Å². The Kier molecular flexibility index (Phi) is 5.59. The average molecular weight is 315 g/mol. The maximum Gasteiger partial charge on any atom is 0.107 e. The van der Waals surface area contributed by atoms with Gasteiger partial charge in [0, 0.05) is 30.1 Å². The lowest BCUT2D eigenvalue weighted by Crippen LogP contribution is -2.41. The Morgan fingerprint density at radius 3 is 2.73 bits per heavy atom. The van der Waals surface area contributed by atoms with Crippen LogP contribution in [-0.4, -0.2) is 35.6 Å². The number of nitrogens with zero attached hydrogens (tertiary/aromatic N) is 2. The summed E-state index contributed by atoms with van der Waals surface area (Å²) in [6.45, 7) is 6.83. The topological polar surface area (TPSA) is 28.2 Å². The minimum atomic E-state index is 0.516. The first-order valence-corrected chi connectivity index (χ1v) is 9.15. The van der Waals surface area contributed by atoms with Gasteiger partial charge in [-0.15, -0.1) is 11.3 Å². The molecule has 118 valence electrons. The van der Waals surface area contributed by atoms with E-state index in [2.05, 4.69) is 46.8 Å². The minimum Gasteiger partial charge on any atom is -0.307 e. The van der Waals surface area contributed by atoms with Gasteiger partial charge in [0.25, 0.3) is 0 Å². The Labute approximate surface area is 137 Å². The number of hydrogen-bond acceptors (Lipinski definition) is 4. The smallest absolute Gasteiger partial charge is 0.107 e. The van der Waals surface area contributed by atoms with E-state index < -0.39 is 0 Å². The molecule has 0 amide bonds.